The number of aromatic amines is 1. The molecule has 0 aliphatic heterocycles. The van der Waals surface area contributed by atoms with Gasteiger partial charge in [-0.3, -0.25) is 9.89 Å². The summed E-state index contributed by atoms with van der Waals surface area (Å²) in [6, 6.07) is 7.22. The normalized spacial score (nSPS) is 15.6. The number of aliphatic hydroxyl groups excluding tert-OH is 1. The molecule has 1 amide bonds. The van der Waals surface area contributed by atoms with Crippen molar-refractivity contribution in [1.29, 1.82) is 0 Å². The number of hydrogen-bond donors (Lipinski definition) is 2. The Kier molecular flexibility index (Phi) is 4.18. The second-order valence-corrected chi connectivity index (χ2v) is 6.19. The van der Waals surface area contributed by atoms with Crippen molar-refractivity contribution in [2.75, 3.05) is 13.6 Å². The monoisotopic (exact) mass is 319 g/mol. The molecule has 1 aromatic heterocycles. The number of nitrogens with zero attached hydrogens (tertiary/aromatic N) is 2. The standard InChI is InChI=1S/C16H18ClN3O2/c1-20(9-14(21)10-2-3-10)16(22)13-8-18-19-15(13)11-4-6-12(17)7-5-11/h4-8,10,14,21H,2-3,9H2,1H3,(H,18,19). The first-order chi connectivity index (χ1) is 10.6. The number of amides is 1. The number of hydrogen-bond acceptors (Lipinski definition) is 3. The number of likely N-dealkylation sites (N-methyl/N-ethyl adjacent to an activating group) is 1. The fourth-order valence-electron chi connectivity index (χ4n) is 2.48. The molecule has 6 heteroatoms. The van der Waals surface area contributed by atoms with Crippen molar-refractivity contribution in [3.8, 4) is 11.3 Å². The zero-order valence-corrected chi connectivity index (χ0v) is 13.0. The maximum Gasteiger partial charge on any atom is 0.257 e. The Hall–Kier alpha value is -1.85. The number of aromatic nitrogens is 2. The van der Waals surface area contributed by atoms with Crippen LogP contribution < -0.4 is 0 Å². The van der Waals surface area contributed by atoms with Crippen LogP contribution in [-0.2, 0) is 0 Å². The number of carbonyl (C=O) groups excluding carboxylic acids is 1. The lowest BCUT2D eigenvalue weighted by molar-refractivity contribution is 0.0646. The molecule has 5 nitrogen and oxygen atoms in total. The molecule has 1 unspecified atom stereocenters. The van der Waals surface area contributed by atoms with Crippen molar-refractivity contribution in [2.24, 2.45) is 5.92 Å². The van der Waals surface area contributed by atoms with Gasteiger partial charge in [-0.1, -0.05) is 23.7 Å². The SMILES string of the molecule is CN(CC(O)C1CC1)C(=O)c1cn[nH]c1-c1ccc(Cl)cc1. The van der Waals surface area contributed by atoms with Crippen LogP contribution in [0.3, 0.4) is 0 Å². The van der Waals surface area contributed by atoms with Crippen LogP contribution in [0.1, 0.15) is 23.2 Å². The van der Waals surface area contributed by atoms with E-state index < -0.39 is 6.10 Å². The highest BCUT2D eigenvalue weighted by molar-refractivity contribution is 6.30. The first-order valence-electron chi connectivity index (χ1n) is 7.29. The van der Waals surface area contributed by atoms with Crippen LogP contribution in [0, 0.1) is 5.92 Å². The van der Waals surface area contributed by atoms with Crippen LogP contribution in [-0.4, -0.2) is 45.8 Å². The van der Waals surface area contributed by atoms with Crippen LogP contribution >= 0.6 is 11.6 Å². The number of benzene rings is 1. The van der Waals surface area contributed by atoms with E-state index in [2.05, 4.69) is 10.2 Å². The second-order valence-electron chi connectivity index (χ2n) is 5.76. The molecule has 2 aromatic rings. The number of halogens is 1. The highest BCUT2D eigenvalue weighted by Gasteiger charge is 2.31. The molecule has 1 fully saturated rings. The number of aliphatic hydroxyl groups is 1. The largest absolute Gasteiger partial charge is 0.391 e. The molecule has 116 valence electrons. The Labute approximate surface area is 133 Å². The van der Waals surface area contributed by atoms with Gasteiger partial charge in [-0.05, 0) is 30.9 Å². The minimum Gasteiger partial charge on any atom is -0.391 e. The van der Waals surface area contributed by atoms with Crippen molar-refractivity contribution >= 4 is 17.5 Å². The summed E-state index contributed by atoms with van der Waals surface area (Å²) < 4.78 is 0. The summed E-state index contributed by atoms with van der Waals surface area (Å²) in [6.45, 7) is 0.342. The molecule has 1 aromatic carbocycles. The van der Waals surface area contributed by atoms with Gasteiger partial charge in [-0.25, -0.2) is 0 Å². The average Bonchev–Trinajstić information content (AvgIpc) is 3.25. The van der Waals surface area contributed by atoms with Crippen molar-refractivity contribution < 1.29 is 9.90 Å². The van der Waals surface area contributed by atoms with Crippen LogP contribution in [0.2, 0.25) is 5.02 Å². The fourth-order valence-corrected chi connectivity index (χ4v) is 2.61. The van der Waals surface area contributed by atoms with E-state index >= 15 is 0 Å². The predicted octanol–water partition coefficient (Wildman–Crippen LogP) is 2.57. The highest BCUT2D eigenvalue weighted by Crippen LogP contribution is 2.33. The number of H-pyrrole nitrogens is 1. The predicted molar refractivity (Wildman–Crippen MR) is 84.7 cm³/mol. The van der Waals surface area contributed by atoms with Crippen molar-refractivity contribution in [1.82, 2.24) is 15.1 Å². The first kappa shape index (κ1) is 15.1. The Morgan fingerprint density at radius 1 is 1.45 bits per heavy atom. The van der Waals surface area contributed by atoms with Crippen LogP contribution in [0.5, 0.6) is 0 Å². The molecule has 1 aliphatic rings. The van der Waals surface area contributed by atoms with Gasteiger partial charge in [0.2, 0.25) is 0 Å². The Bertz CT molecular complexity index is 664. The third-order valence-electron chi connectivity index (χ3n) is 3.98. The zero-order chi connectivity index (χ0) is 15.7. The molecule has 1 atom stereocenters. The summed E-state index contributed by atoms with van der Waals surface area (Å²) >= 11 is 5.89. The maximum absolute atomic E-state index is 12.6. The van der Waals surface area contributed by atoms with Gasteiger partial charge < -0.3 is 10.0 Å². The van der Waals surface area contributed by atoms with Gasteiger partial charge in [0.1, 0.15) is 0 Å². The molecule has 1 saturated carbocycles. The minimum absolute atomic E-state index is 0.154. The van der Waals surface area contributed by atoms with E-state index in [0.29, 0.717) is 28.7 Å². The third kappa shape index (κ3) is 3.15. The van der Waals surface area contributed by atoms with Gasteiger partial charge in [0.15, 0.2) is 0 Å². The van der Waals surface area contributed by atoms with Gasteiger partial charge in [0.05, 0.1) is 23.6 Å². The number of rotatable bonds is 5. The van der Waals surface area contributed by atoms with E-state index in [-0.39, 0.29) is 5.91 Å². The van der Waals surface area contributed by atoms with Gasteiger partial charge >= 0.3 is 0 Å². The summed E-state index contributed by atoms with van der Waals surface area (Å²) in [5.74, 6) is 0.189. The molecule has 0 bridgehead atoms. The van der Waals surface area contributed by atoms with E-state index in [1.165, 1.54) is 6.20 Å². The fraction of sp³-hybridized carbons (Fsp3) is 0.375. The van der Waals surface area contributed by atoms with E-state index in [1.54, 1.807) is 24.1 Å². The molecule has 1 aliphatic carbocycles. The van der Waals surface area contributed by atoms with Crippen molar-refractivity contribution in [3.63, 3.8) is 0 Å². The summed E-state index contributed by atoms with van der Waals surface area (Å²) in [5, 5.41) is 17.5. The van der Waals surface area contributed by atoms with E-state index in [9.17, 15) is 9.90 Å². The van der Waals surface area contributed by atoms with Crippen molar-refractivity contribution in [2.45, 2.75) is 18.9 Å². The summed E-state index contributed by atoms with van der Waals surface area (Å²) in [5.41, 5.74) is 2.00. The lowest BCUT2D eigenvalue weighted by Gasteiger charge is -2.20. The minimum atomic E-state index is -0.445. The smallest absolute Gasteiger partial charge is 0.257 e. The maximum atomic E-state index is 12.6. The second kappa shape index (κ2) is 6.10. The molecule has 0 spiro atoms. The molecule has 1 heterocycles. The molecular weight excluding hydrogens is 302 g/mol. The van der Waals surface area contributed by atoms with Crippen molar-refractivity contribution in [3.05, 3.63) is 41.0 Å². The molecule has 0 radical (unpaired) electrons. The summed E-state index contributed by atoms with van der Waals surface area (Å²) in [6.07, 6.45) is 3.17. The van der Waals surface area contributed by atoms with E-state index in [1.807, 2.05) is 12.1 Å². The quantitative estimate of drug-likeness (QED) is 0.890. The average molecular weight is 320 g/mol. The summed E-state index contributed by atoms with van der Waals surface area (Å²) in [4.78, 5) is 14.1. The van der Waals surface area contributed by atoms with Crippen LogP contribution in [0.25, 0.3) is 11.3 Å². The zero-order valence-electron chi connectivity index (χ0n) is 12.3. The number of carbonyl (C=O) groups is 1. The highest BCUT2D eigenvalue weighted by atomic mass is 35.5. The van der Waals surface area contributed by atoms with E-state index in [0.717, 1.165) is 18.4 Å². The van der Waals surface area contributed by atoms with E-state index in [4.69, 9.17) is 11.6 Å². The Morgan fingerprint density at radius 3 is 2.77 bits per heavy atom. The molecule has 3 rings (SSSR count). The van der Waals surface area contributed by atoms with Gasteiger partial charge in [-0.2, -0.15) is 5.10 Å². The summed E-state index contributed by atoms with van der Waals surface area (Å²) in [7, 11) is 1.70. The topological polar surface area (TPSA) is 69.2 Å². The van der Waals surface area contributed by atoms with Crippen LogP contribution in [0.4, 0.5) is 0 Å². The molecule has 0 saturated heterocycles. The number of nitrogens with one attached hydrogen (secondary N) is 1. The Morgan fingerprint density at radius 2 is 2.14 bits per heavy atom. The van der Waals surface area contributed by atoms with Gasteiger partial charge in [-0.15, -0.1) is 0 Å². The first-order valence-corrected chi connectivity index (χ1v) is 7.67. The molecular formula is C16H18ClN3O2. The lowest BCUT2D eigenvalue weighted by Crippen LogP contribution is -2.35. The van der Waals surface area contributed by atoms with Gasteiger partial charge in [0, 0.05) is 24.2 Å². The lowest BCUT2D eigenvalue weighted by atomic mass is 10.1. The van der Waals surface area contributed by atoms with Crippen LogP contribution in [0.15, 0.2) is 30.5 Å². The van der Waals surface area contributed by atoms with Gasteiger partial charge in [0.25, 0.3) is 5.91 Å². The Balaban J connectivity index is 1.78. The molecule has 22 heavy (non-hydrogen) atoms. The third-order valence-corrected chi connectivity index (χ3v) is 4.23. The molecule has 2 N–H and O–H groups in total.